The molecule has 1 heterocycles. The van der Waals surface area contributed by atoms with Crippen LogP contribution in [0.4, 0.5) is 0 Å². The lowest BCUT2D eigenvalue weighted by atomic mass is 10.1. The Hall–Kier alpha value is -4.19. The van der Waals surface area contributed by atoms with Crippen LogP contribution in [0.25, 0.3) is 22.4 Å². The second-order valence-corrected chi connectivity index (χ2v) is 7.05. The van der Waals surface area contributed by atoms with Crippen molar-refractivity contribution in [3.8, 4) is 33.9 Å². The molecule has 1 aliphatic carbocycles. The molecule has 31 heavy (non-hydrogen) atoms. The highest BCUT2D eigenvalue weighted by molar-refractivity contribution is 6.24. The molecule has 1 aromatic heterocycles. The summed E-state index contributed by atoms with van der Waals surface area (Å²) in [5.74, 6) is 1.32. The predicted octanol–water partition coefficient (Wildman–Crippen LogP) is 4.95. The van der Waals surface area contributed by atoms with Crippen molar-refractivity contribution in [2.75, 3.05) is 14.2 Å². The molecule has 3 aromatic carbocycles. The van der Waals surface area contributed by atoms with Gasteiger partial charge in [0, 0.05) is 22.3 Å². The summed E-state index contributed by atoms with van der Waals surface area (Å²) in [7, 11) is 3.23. The Labute approximate surface area is 179 Å². The van der Waals surface area contributed by atoms with Crippen LogP contribution < -0.4 is 9.47 Å². The SMILES string of the molecule is COc1ccc(-c2[nH]ncc2C=NN=C2c3ccccc3-c3ccccc32)cc1OC. The first kappa shape index (κ1) is 18.8. The van der Waals surface area contributed by atoms with Crippen LogP contribution in [0.2, 0.25) is 0 Å². The second-order valence-electron chi connectivity index (χ2n) is 7.05. The van der Waals surface area contributed by atoms with E-state index in [0.717, 1.165) is 33.7 Å². The van der Waals surface area contributed by atoms with E-state index in [-0.39, 0.29) is 0 Å². The third-order valence-corrected chi connectivity index (χ3v) is 5.35. The Balaban J connectivity index is 1.50. The van der Waals surface area contributed by atoms with Crippen LogP contribution in [0.3, 0.4) is 0 Å². The molecule has 6 heteroatoms. The third kappa shape index (κ3) is 3.28. The fourth-order valence-corrected chi connectivity index (χ4v) is 3.87. The van der Waals surface area contributed by atoms with E-state index in [1.807, 2.05) is 42.5 Å². The van der Waals surface area contributed by atoms with Crippen LogP contribution in [0.5, 0.6) is 11.5 Å². The van der Waals surface area contributed by atoms with Crippen molar-refractivity contribution in [2.45, 2.75) is 0 Å². The number of nitrogens with one attached hydrogen (secondary N) is 1. The summed E-state index contributed by atoms with van der Waals surface area (Å²) < 4.78 is 10.7. The summed E-state index contributed by atoms with van der Waals surface area (Å²) in [5, 5.41) is 16.2. The lowest BCUT2D eigenvalue weighted by molar-refractivity contribution is 0.355. The molecule has 4 aromatic rings. The molecule has 0 radical (unpaired) electrons. The maximum atomic E-state index is 5.42. The van der Waals surface area contributed by atoms with E-state index < -0.39 is 0 Å². The van der Waals surface area contributed by atoms with Crippen LogP contribution in [0.15, 0.2) is 83.1 Å². The number of ether oxygens (including phenoxy) is 2. The Bertz CT molecular complexity index is 1270. The third-order valence-electron chi connectivity index (χ3n) is 5.35. The monoisotopic (exact) mass is 408 g/mol. The second kappa shape index (κ2) is 7.91. The van der Waals surface area contributed by atoms with E-state index in [9.17, 15) is 0 Å². The van der Waals surface area contributed by atoms with Crippen molar-refractivity contribution in [3.63, 3.8) is 0 Å². The molecule has 1 N–H and O–H groups in total. The van der Waals surface area contributed by atoms with Gasteiger partial charge in [-0.25, -0.2) is 0 Å². The fraction of sp³-hybridized carbons (Fsp3) is 0.0800. The van der Waals surface area contributed by atoms with Crippen molar-refractivity contribution in [1.82, 2.24) is 10.2 Å². The molecule has 0 bridgehead atoms. The first-order chi connectivity index (χ1) is 15.3. The smallest absolute Gasteiger partial charge is 0.161 e. The molecule has 0 spiro atoms. The van der Waals surface area contributed by atoms with E-state index >= 15 is 0 Å². The number of hydrogen-bond acceptors (Lipinski definition) is 5. The summed E-state index contributed by atoms with van der Waals surface area (Å²) in [5.41, 5.74) is 8.00. The number of nitrogens with zero attached hydrogens (tertiary/aromatic N) is 3. The van der Waals surface area contributed by atoms with Crippen molar-refractivity contribution in [1.29, 1.82) is 0 Å². The Morgan fingerprint density at radius 3 is 2.10 bits per heavy atom. The van der Waals surface area contributed by atoms with Crippen molar-refractivity contribution in [2.24, 2.45) is 10.2 Å². The minimum absolute atomic E-state index is 0.650. The molecular weight excluding hydrogens is 388 g/mol. The molecule has 6 nitrogen and oxygen atoms in total. The van der Waals surface area contributed by atoms with Gasteiger partial charge in [-0.3, -0.25) is 5.10 Å². The Kier molecular flexibility index (Phi) is 4.80. The summed E-state index contributed by atoms with van der Waals surface area (Å²) in [6.45, 7) is 0. The first-order valence-electron chi connectivity index (χ1n) is 9.86. The van der Waals surface area contributed by atoms with Gasteiger partial charge in [0.1, 0.15) is 5.71 Å². The number of hydrogen-bond donors (Lipinski definition) is 1. The van der Waals surface area contributed by atoms with Gasteiger partial charge in [-0.15, -0.1) is 5.10 Å². The number of H-pyrrole nitrogens is 1. The largest absolute Gasteiger partial charge is 0.493 e. The van der Waals surface area contributed by atoms with Crippen LogP contribution in [0.1, 0.15) is 16.7 Å². The van der Waals surface area contributed by atoms with E-state index in [4.69, 9.17) is 9.47 Å². The van der Waals surface area contributed by atoms with Gasteiger partial charge in [-0.2, -0.15) is 10.2 Å². The molecule has 5 rings (SSSR count). The lowest BCUT2D eigenvalue weighted by Gasteiger charge is -2.09. The molecule has 0 fully saturated rings. The average Bonchev–Trinajstić information content (AvgIpc) is 3.42. The van der Waals surface area contributed by atoms with Gasteiger partial charge in [-0.05, 0) is 29.3 Å². The van der Waals surface area contributed by atoms with Crippen LogP contribution >= 0.6 is 0 Å². The van der Waals surface area contributed by atoms with Crippen LogP contribution in [0, 0.1) is 0 Å². The predicted molar refractivity (Wildman–Crippen MR) is 122 cm³/mol. The van der Waals surface area contributed by atoms with Gasteiger partial charge in [0.25, 0.3) is 0 Å². The highest BCUT2D eigenvalue weighted by Crippen LogP contribution is 2.36. The number of fused-ring (bicyclic) bond motifs is 3. The standard InChI is InChI=1S/C25H20N4O2/c1-30-22-12-11-16(13-23(22)31-2)24-17(14-26-28-24)15-27-29-25-20-9-5-3-7-18(20)19-8-4-6-10-21(19)25/h3-15H,1-2H3,(H,26,28). The van der Waals surface area contributed by atoms with Crippen molar-refractivity contribution < 1.29 is 9.47 Å². The minimum atomic E-state index is 0.650. The molecular formula is C25H20N4O2. The molecule has 0 atom stereocenters. The van der Waals surface area contributed by atoms with E-state index in [1.54, 1.807) is 26.6 Å². The van der Waals surface area contributed by atoms with Crippen LogP contribution in [-0.2, 0) is 0 Å². The molecule has 0 saturated heterocycles. The van der Waals surface area contributed by atoms with Gasteiger partial charge in [0.15, 0.2) is 11.5 Å². The van der Waals surface area contributed by atoms with Gasteiger partial charge >= 0.3 is 0 Å². The molecule has 152 valence electrons. The van der Waals surface area contributed by atoms with Gasteiger partial charge in [0.05, 0.1) is 32.3 Å². The fourth-order valence-electron chi connectivity index (χ4n) is 3.87. The van der Waals surface area contributed by atoms with E-state index in [1.165, 1.54) is 11.1 Å². The number of benzene rings is 3. The lowest BCUT2D eigenvalue weighted by Crippen LogP contribution is -1.97. The topological polar surface area (TPSA) is 71.9 Å². The van der Waals surface area contributed by atoms with Crippen LogP contribution in [-0.4, -0.2) is 36.3 Å². The zero-order valence-electron chi connectivity index (χ0n) is 17.2. The molecule has 1 aliphatic rings. The van der Waals surface area contributed by atoms with E-state index in [0.29, 0.717) is 11.5 Å². The zero-order chi connectivity index (χ0) is 21.2. The Morgan fingerprint density at radius 1 is 0.806 bits per heavy atom. The van der Waals surface area contributed by atoms with E-state index in [2.05, 4.69) is 44.7 Å². The summed E-state index contributed by atoms with van der Waals surface area (Å²) >= 11 is 0. The molecule has 0 saturated carbocycles. The molecule has 0 amide bonds. The molecule has 0 aliphatic heterocycles. The summed E-state index contributed by atoms with van der Waals surface area (Å²) in [6, 6.07) is 22.2. The van der Waals surface area contributed by atoms with Gasteiger partial charge in [-0.1, -0.05) is 48.5 Å². The number of rotatable bonds is 5. The highest BCUT2D eigenvalue weighted by atomic mass is 16.5. The first-order valence-corrected chi connectivity index (χ1v) is 9.86. The quantitative estimate of drug-likeness (QED) is 0.330. The van der Waals surface area contributed by atoms with Gasteiger partial charge < -0.3 is 9.47 Å². The number of aromatic amines is 1. The minimum Gasteiger partial charge on any atom is -0.493 e. The highest BCUT2D eigenvalue weighted by Gasteiger charge is 2.23. The Morgan fingerprint density at radius 2 is 1.45 bits per heavy atom. The number of aromatic nitrogens is 2. The summed E-state index contributed by atoms with van der Waals surface area (Å²) in [6.07, 6.45) is 3.44. The number of methoxy groups -OCH3 is 2. The summed E-state index contributed by atoms with van der Waals surface area (Å²) in [4.78, 5) is 0. The zero-order valence-corrected chi connectivity index (χ0v) is 17.2. The normalized spacial score (nSPS) is 12.0. The van der Waals surface area contributed by atoms with Crippen molar-refractivity contribution in [3.05, 3.63) is 89.6 Å². The molecule has 0 unspecified atom stereocenters. The van der Waals surface area contributed by atoms with Crippen molar-refractivity contribution >= 4 is 11.9 Å². The maximum Gasteiger partial charge on any atom is 0.161 e. The maximum absolute atomic E-state index is 5.42. The average molecular weight is 408 g/mol. The van der Waals surface area contributed by atoms with Gasteiger partial charge in [0.2, 0.25) is 0 Å².